The zero-order valence-electron chi connectivity index (χ0n) is 9.66. The minimum atomic E-state index is -3.11. The van der Waals surface area contributed by atoms with Crippen molar-refractivity contribution in [3.63, 3.8) is 0 Å². The minimum Gasteiger partial charge on any atom is -0.330 e. The summed E-state index contributed by atoms with van der Waals surface area (Å²) < 4.78 is 23.0. The molecule has 2 rings (SSSR count). The van der Waals surface area contributed by atoms with E-state index in [2.05, 4.69) is 0 Å². The third-order valence-electron chi connectivity index (χ3n) is 3.43. The quantitative estimate of drug-likeness (QED) is 0.867. The normalized spacial score (nSPS) is 18.4. The van der Waals surface area contributed by atoms with Crippen molar-refractivity contribution in [2.45, 2.75) is 30.1 Å². The molecule has 0 bridgehead atoms. The average Bonchev–Trinajstić information content (AvgIpc) is 2.96. The Bertz CT molecular complexity index is 516. The molecule has 0 atom stereocenters. The number of hydrogen-bond acceptors (Lipinski definition) is 3. The SMILES string of the molecule is Cc1cc(C2(CN)CC2)ccc1S(C)(=O)=O. The molecule has 0 unspecified atom stereocenters. The van der Waals surface area contributed by atoms with E-state index >= 15 is 0 Å². The third-order valence-corrected chi connectivity index (χ3v) is 4.69. The van der Waals surface area contributed by atoms with Crippen LogP contribution in [0.3, 0.4) is 0 Å². The van der Waals surface area contributed by atoms with E-state index in [1.807, 2.05) is 19.1 Å². The lowest BCUT2D eigenvalue weighted by molar-refractivity contribution is 0.601. The van der Waals surface area contributed by atoms with E-state index < -0.39 is 9.84 Å². The molecule has 4 heteroatoms. The maximum Gasteiger partial charge on any atom is 0.175 e. The van der Waals surface area contributed by atoms with Crippen LogP contribution in [0.5, 0.6) is 0 Å². The molecule has 1 saturated carbocycles. The highest BCUT2D eigenvalue weighted by molar-refractivity contribution is 7.90. The van der Waals surface area contributed by atoms with E-state index in [9.17, 15) is 8.42 Å². The van der Waals surface area contributed by atoms with Gasteiger partial charge >= 0.3 is 0 Å². The second-order valence-electron chi connectivity index (χ2n) is 4.74. The van der Waals surface area contributed by atoms with Crippen LogP contribution in [-0.2, 0) is 15.3 Å². The van der Waals surface area contributed by atoms with Gasteiger partial charge in [-0.2, -0.15) is 0 Å². The monoisotopic (exact) mass is 239 g/mol. The molecule has 1 fully saturated rings. The second kappa shape index (κ2) is 3.57. The molecule has 0 saturated heterocycles. The van der Waals surface area contributed by atoms with Crippen molar-refractivity contribution in [1.82, 2.24) is 0 Å². The Morgan fingerprint density at radius 2 is 2.00 bits per heavy atom. The van der Waals surface area contributed by atoms with Gasteiger partial charge in [0.25, 0.3) is 0 Å². The van der Waals surface area contributed by atoms with Gasteiger partial charge in [-0.3, -0.25) is 0 Å². The first-order chi connectivity index (χ1) is 7.39. The van der Waals surface area contributed by atoms with Crippen molar-refractivity contribution < 1.29 is 8.42 Å². The first-order valence-electron chi connectivity index (χ1n) is 5.40. The van der Waals surface area contributed by atoms with Crippen molar-refractivity contribution in [1.29, 1.82) is 0 Å². The van der Waals surface area contributed by atoms with Crippen LogP contribution >= 0.6 is 0 Å². The maximum atomic E-state index is 11.5. The topological polar surface area (TPSA) is 60.2 Å². The molecule has 88 valence electrons. The van der Waals surface area contributed by atoms with Gasteiger partial charge in [0.15, 0.2) is 9.84 Å². The van der Waals surface area contributed by atoms with Gasteiger partial charge < -0.3 is 5.73 Å². The Hall–Kier alpha value is -0.870. The number of nitrogens with two attached hydrogens (primary N) is 1. The van der Waals surface area contributed by atoms with Crippen molar-refractivity contribution in [3.8, 4) is 0 Å². The molecule has 0 heterocycles. The van der Waals surface area contributed by atoms with Crippen LogP contribution in [-0.4, -0.2) is 21.2 Å². The number of benzene rings is 1. The molecule has 0 spiro atoms. The lowest BCUT2D eigenvalue weighted by Gasteiger charge is -2.14. The predicted molar refractivity (Wildman–Crippen MR) is 64.3 cm³/mol. The standard InChI is InChI=1S/C12H17NO2S/c1-9-7-10(12(8-13)5-6-12)3-4-11(9)16(2,14)15/h3-4,7H,5-6,8,13H2,1-2H3. The van der Waals surface area contributed by atoms with E-state index in [0.717, 1.165) is 18.4 Å². The van der Waals surface area contributed by atoms with E-state index in [0.29, 0.717) is 11.4 Å². The summed E-state index contributed by atoms with van der Waals surface area (Å²) in [7, 11) is -3.11. The van der Waals surface area contributed by atoms with Crippen LogP contribution in [0, 0.1) is 6.92 Å². The van der Waals surface area contributed by atoms with E-state index in [-0.39, 0.29) is 5.41 Å². The van der Waals surface area contributed by atoms with E-state index in [1.54, 1.807) is 6.07 Å². The van der Waals surface area contributed by atoms with E-state index in [4.69, 9.17) is 5.73 Å². The molecule has 0 amide bonds. The largest absolute Gasteiger partial charge is 0.330 e. The van der Waals surface area contributed by atoms with Crippen LogP contribution in [0.25, 0.3) is 0 Å². The van der Waals surface area contributed by atoms with Gasteiger partial charge in [0, 0.05) is 18.2 Å². The summed E-state index contributed by atoms with van der Waals surface area (Å²) in [4.78, 5) is 0.420. The van der Waals surface area contributed by atoms with Crippen molar-refractivity contribution in [2.24, 2.45) is 5.73 Å². The zero-order valence-corrected chi connectivity index (χ0v) is 10.5. The van der Waals surface area contributed by atoms with E-state index in [1.165, 1.54) is 11.8 Å². The molecule has 1 aliphatic rings. The summed E-state index contributed by atoms with van der Waals surface area (Å²) in [6.07, 6.45) is 3.47. The lowest BCUT2D eigenvalue weighted by Crippen LogP contribution is -2.20. The van der Waals surface area contributed by atoms with Crippen molar-refractivity contribution in [2.75, 3.05) is 12.8 Å². The van der Waals surface area contributed by atoms with Gasteiger partial charge in [-0.05, 0) is 37.0 Å². The summed E-state index contributed by atoms with van der Waals surface area (Å²) >= 11 is 0. The van der Waals surface area contributed by atoms with Crippen LogP contribution in [0.1, 0.15) is 24.0 Å². The Balaban J connectivity index is 2.45. The molecular formula is C12H17NO2S. The minimum absolute atomic E-state index is 0.126. The fourth-order valence-electron chi connectivity index (χ4n) is 2.16. The van der Waals surface area contributed by atoms with Gasteiger partial charge in [0.1, 0.15) is 0 Å². The fraction of sp³-hybridized carbons (Fsp3) is 0.500. The molecule has 1 aliphatic carbocycles. The average molecular weight is 239 g/mol. The number of rotatable bonds is 3. The molecule has 0 radical (unpaired) electrons. The van der Waals surface area contributed by atoms with Gasteiger partial charge in [-0.1, -0.05) is 12.1 Å². The Labute approximate surface area is 96.6 Å². The fourth-order valence-corrected chi connectivity index (χ4v) is 3.12. The lowest BCUT2D eigenvalue weighted by atomic mass is 9.95. The molecule has 0 aromatic heterocycles. The molecule has 1 aromatic carbocycles. The number of sulfone groups is 1. The first-order valence-corrected chi connectivity index (χ1v) is 7.29. The Morgan fingerprint density at radius 3 is 2.38 bits per heavy atom. The summed E-state index contributed by atoms with van der Waals surface area (Å²) in [5.41, 5.74) is 7.88. The Morgan fingerprint density at radius 1 is 1.38 bits per heavy atom. The number of aryl methyl sites for hydroxylation is 1. The first kappa shape index (κ1) is 11.6. The number of hydrogen-bond donors (Lipinski definition) is 1. The zero-order chi connectivity index (χ0) is 12.0. The molecular weight excluding hydrogens is 222 g/mol. The van der Waals surface area contributed by atoms with Crippen molar-refractivity contribution >= 4 is 9.84 Å². The summed E-state index contributed by atoms with van der Waals surface area (Å²) in [6.45, 7) is 2.48. The molecule has 0 aliphatic heterocycles. The van der Waals surface area contributed by atoms with Crippen LogP contribution in [0.15, 0.2) is 23.1 Å². The Kier molecular flexibility index (Phi) is 2.59. The maximum absolute atomic E-state index is 11.5. The molecule has 2 N–H and O–H groups in total. The molecule has 16 heavy (non-hydrogen) atoms. The highest BCUT2D eigenvalue weighted by Gasteiger charge is 2.42. The van der Waals surface area contributed by atoms with Crippen molar-refractivity contribution in [3.05, 3.63) is 29.3 Å². The summed E-state index contributed by atoms with van der Waals surface area (Å²) in [5.74, 6) is 0. The molecule has 1 aromatic rings. The van der Waals surface area contributed by atoms with Gasteiger partial charge in [0.2, 0.25) is 0 Å². The second-order valence-corrected chi connectivity index (χ2v) is 6.72. The third kappa shape index (κ3) is 1.87. The van der Waals surface area contributed by atoms with Crippen LogP contribution in [0.4, 0.5) is 0 Å². The van der Waals surface area contributed by atoms with Crippen LogP contribution < -0.4 is 5.73 Å². The smallest absolute Gasteiger partial charge is 0.175 e. The van der Waals surface area contributed by atoms with Gasteiger partial charge in [-0.25, -0.2) is 8.42 Å². The van der Waals surface area contributed by atoms with Crippen LogP contribution in [0.2, 0.25) is 0 Å². The highest BCUT2D eigenvalue weighted by atomic mass is 32.2. The van der Waals surface area contributed by atoms with Gasteiger partial charge in [-0.15, -0.1) is 0 Å². The predicted octanol–water partition coefficient (Wildman–Crippen LogP) is 1.39. The molecule has 3 nitrogen and oxygen atoms in total. The summed E-state index contributed by atoms with van der Waals surface area (Å²) in [5, 5.41) is 0. The highest BCUT2D eigenvalue weighted by Crippen LogP contribution is 2.47. The van der Waals surface area contributed by atoms with Gasteiger partial charge in [0.05, 0.1) is 4.90 Å². The summed E-state index contributed by atoms with van der Waals surface area (Å²) in [6, 6.07) is 5.58.